The van der Waals surface area contributed by atoms with Gasteiger partial charge >= 0.3 is 0 Å². The number of ether oxygens (including phenoxy) is 1. The molecule has 2 heterocycles. The second kappa shape index (κ2) is 10.7. The van der Waals surface area contributed by atoms with Crippen LogP contribution in [0.15, 0.2) is 54.6 Å². The molecule has 1 aromatic heterocycles. The molecule has 0 saturated carbocycles. The molecule has 1 aliphatic carbocycles. The Labute approximate surface area is 198 Å². The molecule has 1 N–H and O–H groups in total. The summed E-state index contributed by atoms with van der Waals surface area (Å²) < 4.78 is 6.81. The molecule has 174 valence electrons. The van der Waals surface area contributed by atoms with Crippen LogP contribution in [0.5, 0.6) is 0 Å². The number of fused-ring (bicyclic) bond motifs is 2. The van der Waals surface area contributed by atoms with Gasteiger partial charge in [0.2, 0.25) is 0 Å². The van der Waals surface area contributed by atoms with Crippen molar-refractivity contribution in [2.24, 2.45) is 0 Å². The van der Waals surface area contributed by atoms with Crippen LogP contribution in [0.1, 0.15) is 72.1 Å². The van der Waals surface area contributed by atoms with Gasteiger partial charge in [-0.15, -0.1) is 0 Å². The Morgan fingerprint density at radius 1 is 0.909 bits per heavy atom. The highest BCUT2D eigenvalue weighted by Gasteiger charge is 2.31. The zero-order valence-corrected chi connectivity index (χ0v) is 19.9. The molecule has 0 amide bonds. The largest absolute Gasteiger partial charge is 0.364 e. The quantitative estimate of drug-likeness (QED) is 0.457. The number of piperidine rings is 1. The minimum absolute atomic E-state index is 0.0461. The monoisotopic (exact) mass is 443 g/mol. The van der Waals surface area contributed by atoms with E-state index in [-0.39, 0.29) is 6.10 Å². The average Bonchev–Trinajstić information content (AvgIpc) is 3.20. The zero-order chi connectivity index (χ0) is 22.5. The van der Waals surface area contributed by atoms with Crippen molar-refractivity contribution in [2.75, 3.05) is 20.1 Å². The van der Waals surface area contributed by atoms with E-state index in [2.05, 4.69) is 71.5 Å². The van der Waals surface area contributed by atoms with Crippen LogP contribution in [-0.4, -0.2) is 41.1 Å². The van der Waals surface area contributed by atoms with Crippen molar-refractivity contribution in [1.82, 2.24) is 14.9 Å². The molecule has 1 fully saturated rings. The summed E-state index contributed by atoms with van der Waals surface area (Å²) in [5.41, 5.74) is 6.58. The van der Waals surface area contributed by atoms with Crippen LogP contribution < -0.4 is 0 Å². The maximum Gasteiger partial charge on any atom is 0.127 e. The molecule has 1 saturated heterocycles. The molecule has 33 heavy (non-hydrogen) atoms. The van der Waals surface area contributed by atoms with E-state index in [0.29, 0.717) is 6.10 Å². The molecule has 1 unspecified atom stereocenters. The molecule has 4 heteroatoms. The van der Waals surface area contributed by atoms with Gasteiger partial charge in [0.15, 0.2) is 0 Å². The molecule has 2 aromatic carbocycles. The van der Waals surface area contributed by atoms with E-state index in [0.717, 1.165) is 56.7 Å². The second-order valence-electron chi connectivity index (χ2n) is 9.81. The number of aromatic amines is 1. The third-order valence-corrected chi connectivity index (χ3v) is 7.31. The van der Waals surface area contributed by atoms with Crippen molar-refractivity contribution in [2.45, 2.75) is 70.0 Å². The maximum absolute atomic E-state index is 6.81. The SMILES string of the molecule is CN1CCC(OC2c3ccccc3CCc3[nH]c(CCCCCc4ccccc4)nc32)CC1. The first-order chi connectivity index (χ1) is 16.3. The summed E-state index contributed by atoms with van der Waals surface area (Å²) in [5, 5.41) is 0. The van der Waals surface area contributed by atoms with Crippen LogP contribution in [0.4, 0.5) is 0 Å². The zero-order valence-electron chi connectivity index (χ0n) is 19.9. The first kappa shape index (κ1) is 22.4. The van der Waals surface area contributed by atoms with Crippen LogP contribution in [0.2, 0.25) is 0 Å². The molecule has 0 spiro atoms. The van der Waals surface area contributed by atoms with Gasteiger partial charge in [0.1, 0.15) is 11.9 Å². The van der Waals surface area contributed by atoms with Gasteiger partial charge in [-0.1, -0.05) is 61.0 Å². The van der Waals surface area contributed by atoms with Gasteiger partial charge in [0.25, 0.3) is 0 Å². The van der Waals surface area contributed by atoms with E-state index in [1.807, 2.05) is 0 Å². The topological polar surface area (TPSA) is 41.1 Å². The number of unbranched alkanes of at least 4 members (excludes halogenated alkanes) is 2. The lowest BCUT2D eigenvalue weighted by molar-refractivity contribution is -0.0251. The Morgan fingerprint density at radius 2 is 1.67 bits per heavy atom. The molecule has 2 aliphatic rings. The number of hydrogen-bond acceptors (Lipinski definition) is 3. The fourth-order valence-corrected chi connectivity index (χ4v) is 5.32. The van der Waals surface area contributed by atoms with Crippen molar-refractivity contribution in [3.05, 3.63) is 88.5 Å². The van der Waals surface area contributed by atoms with E-state index in [4.69, 9.17) is 9.72 Å². The van der Waals surface area contributed by atoms with Crippen LogP contribution in [0.25, 0.3) is 0 Å². The number of hydrogen-bond donors (Lipinski definition) is 1. The normalized spacial score (nSPS) is 19.1. The molecule has 3 aromatic rings. The summed E-state index contributed by atoms with van der Waals surface area (Å²) in [7, 11) is 2.20. The molecule has 1 atom stereocenters. The Morgan fingerprint density at radius 3 is 2.52 bits per heavy atom. The Hall–Kier alpha value is -2.43. The Kier molecular flexibility index (Phi) is 7.23. The molecular formula is C29H37N3O. The van der Waals surface area contributed by atoms with Gasteiger partial charge in [0, 0.05) is 25.2 Å². The summed E-state index contributed by atoms with van der Waals surface area (Å²) >= 11 is 0. The summed E-state index contributed by atoms with van der Waals surface area (Å²) in [6.45, 7) is 2.22. The van der Waals surface area contributed by atoms with E-state index in [1.165, 1.54) is 48.1 Å². The number of nitrogens with zero attached hydrogens (tertiary/aromatic N) is 2. The van der Waals surface area contributed by atoms with Crippen LogP contribution in [-0.2, 0) is 30.4 Å². The predicted molar refractivity (Wildman–Crippen MR) is 134 cm³/mol. The number of benzene rings is 2. The summed E-state index contributed by atoms with van der Waals surface area (Å²) in [6.07, 6.45) is 10.4. The predicted octanol–water partition coefficient (Wildman–Crippen LogP) is 5.66. The molecular weight excluding hydrogens is 406 g/mol. The fraction of sp³-hybridized carbons (Fsp3) is 0.483. The van der Waals surface area contributed by atoms with E-state index in [9.17, 15) is 0 Å². The Bertz CT molecular complexity index is 1020. The third kappa shape index (κ3) is 5.56. The molecule has 1 aliphatic heterocycles. The van der Waals surface area contributed by atoms with Crippen molar-refractivity contribution in [3.8, 4) is 0 Å². The number of H-pyrrole nitrogens is 1. The number of rotatable bonds is 8. The van der Waals surface area contributed by atoms with Crippen molar-refractivity contribution in [1.29, 1.82) is 0 Å². The highest BCUT2D eigenvalue weighted by atomic mass is 16.5. The standard InChI is InChI=1S/C29H37N3O/c1-32-20-18-24(19-21-32)33-29-25-14-9-8-13-23(25)16-17-26-28(29)31-27(30-26)15-7-3-6-12-22-10-4-2-5-11-22/h2,4-5,8-11,13-14,24,29H,3,6-7,12,15-21H2,1H3,(H,30,31). The number of aryl methyl sites for hydroxylation is 4. The van der Waals surface area contributed by atoms with Crippen LogP contribution in [0.3, 0.4) is 0 Å². The van der Waals surface area contributed by atoms with Gasteiger partial charge in [-0.05, 0) is 68.7 Å². The minimum Gasteiger partial charge on any atom is -0.364 e. The minimum atomic E-state index is -0.0461. The first-order valence-corrected chi connectivity index (χ1v) is 12.8. The smallest absolute Gasteiger partial charge is 0.127 e. The average molecular weight is 444 g/mol. The summed E-state index contributed by atoms with van der Waals surface area (Å²) in [6, 6.07) is 19.6. The molecule has 0 radical (unpaired) electrons. The molecule has 0 bridgehead atoms. The first-order valence-electron chi connectivity index (χ1n) is 12.8. The van der Waals surface area contributed by atoms with Crippen LogP contribution in [0, 0.1) is 0 Å². The summed E-state index contributed by atoms with van der Waals surface area (Å²) in [5.74, 6) is 1.14. The molecule has 4 nitrogen and oxygen atoms in total. The maximum atomic E-state index is 6.81. The van der Waals surface area contributed by atoms with E-state index >= 15 is 0 Å². The number of likely N-dealkylation sites (tertiary alicyclic amines) is 1. The number of aromatic nitrogens is 2. The van der Waals surface area contributed by atoms with Gasteiger partial charge < -0.3 is 14.6 Å². The number of imidazole rings is 1. The number of nitrogens with one attached hydrogen (secondary N) is 1. The van der Waals surface area contributed by atoms with Crippen molar-refractivity contribution >= 4 is 0 Å². The highest BCUT2D eigenvalue weighted by molar-refractivity contribution is 5.39. The van der Waals surface area contributed by atoms with E-state index in [1.54, 1.807) is 0 Å². The summed E-state index contributed by atoms with van der Waals surface area (Å²) in [4.78, 5) is 11.2. The molecule has 5 rings (SSSR count). The van der Waals surface area contributed by atoms with Crippen LogP contribution >= 0.6 is 0 Å². The van der Waals surface area contributed by atoms with Gasteiger partial charge in [-0.2, -0.15) is 0 Å². The lowest BCUT2D eigenvalue weighted by Crippen LogP contribution is -2.35. The van der Waals surface area contributed by atoms with Crippen molar-refractivity contribution < 1.29 is 4.74 Å². The lowest BCUT2D eigenvalue weighted by atomic mass is 9.99. The third-order valence-electron chi connectivity index (χ3n) is 7.31. The highest BCUT2D eigenvalue weighted by Crippen LogP contribution is 2.36. The van der Waals surface area contributed by atoms with Gasteiger partial charge in [0.05, 0.1) is 11.8 Å². The lowest BCUT2D eigenvalue weighted by Gasteiger charge is -2.32. The van der Waals surface area contributed by atoms with Gasteiger partial charge in [-0.3, -0.25) is 0 Å². The second-order valence-corrected chi connectivity index (χ2v) is 9.81. The van der Waals surface area contributed by atoms with Gasteiger partial charge in [-0.25, -0.2) is 4.98 Å². The Balaban J connectivity index is 1.25. The fourth-order valence-electron chi connectivity index (χ4n) is 5.32. The van der Waals surface area contributed by atoms with E-state index < -0.39 is 0 Å². The van der Waals surface area contributed by atoms with Crippen molar-refractivity contribution in [3.63, 3.8) is 0 Å².